The van der Waals surface area contributed by atoms with Crippen LogP contribution in [0.4, 0.5) is 0 Å². The van der Waals surface area contributed by atoms with Crippen molar-refractivity contribution >= 4 is 10.9 Å². The topological polar surface area (TPSA) is 26.2 Å². The number of methoxy groups -OCH3 is 1. The fourth-order valence-corrected chi connectivity index (χ4v) is 3.72. The first-order valence-corrected chi connectivity index (χ1v) is 8.06. The second-order valence-electron chi connectivity index (χ2n) is 6.22. The van der Waals surface area contributed by atoms with Crippen LogP contribution in [-0.2, 0) is 11.8 Å². The largest absolute Gasteiger partial charge is 0.383 e. The molecule has 1 heterocycles. The Morgan fingerprint density at radius 2 is 2.14 bits per heavy atom. The molecule has 114 valence electrons. The number of benzene rings is 1. The van der Waals surface area contributed by atoms with Gasteiger partial charge in [-0.05, 0) is 36.8 Å². The van der Waals surface area contributed by atoms with Crippen LogP contribution in [0, 0.1) is 0 Å². The van der Waals surface area contributed by atoms with E-state index in [9.17, 15) is 0 Å². The van der Waals surface area contributed by atoms with Crippen LogP contribution >= 0.6 is 0 Å². The monoisotopic (exact) mass is 286 g/mol. The lowest BCUT2D eigenvalue weighted by molar-refractivity contribution is 0.190. The van der Waals surface area contributed by atoms with Gasteiger partial charge in [0.1, 0.15) is 0 Å². The molecule has 1 N–H and O–H groups in total. The van der Waals surface area contributed by atoms with Gasteiger partial charge < -0.3 is 14.6 Å². The summed E-state index contributed by atoms with van der Waals surface area (Å²) in [4.78, 5) is 0. The molecule has 2 aromatic rings. The summed E-state index contributed by atoms with van der Waals surface area (Å²) in [6.07, 6.45) is 7.52. The number of nitrogens with one attached hydrogen (secondary N) is 1. The molecule has 21 heavy (non-hydrogen) atoms. The third kappa shape index (κ3) is 3.14. The zero-order chi connectivity index (χ0) is 14.7. The molecule has 1 aromatic heterocycles. The van der Waals surface area contributed by atoms with Gasteiger partial charge in [-0.15, -0.1) is 0 Å². The number of hydrogen-bond donors (Lipinski definition) is 1. The molecule has 3 nitrogen and oxygen atoms in total. The summed E-state index contributed by atoms with van der Waals surface area (Å²) >= 11 is 0. The molecule has 0 radical (unpaired) electrons. The highest BCUT2D eigenvalue weighted by Crippen LogP contribution is 2.37. The molecule has 2 atom stereocenters. The summed E-state index contributed by atoms with van der Waals surface area (Å²) < 4.78 is 7.41. The van der Waals surface area contributed by atoms with E-state index < -0.39 is 0 Å². The minimum atomic E-state index is 0.637. The van der Waals surface area contributed by atoms with E-state index in [1.54, 1.807) is 7.11 Å². The maximum atomic E-state index is 5.14. The highest BCUT2D eigenvalue weighted by molar-refractivity contribution is 5.84. The third-order valence-electron chi connectivity index (χ3n) is 4.78. The van der Waals surface area contributed by atoms with Gasteiger partial charge in [0.2, 0.25) is 0 Å². The zero-order valence-electron chi connectivity index (χ0n) is 13.1. The standard InChI is InChI=1S/C18H26N2O/c1-20-13-17(16-8-3-4-9-18(16)20)14-6-5-7-15(12-14)19-10-11-21-2/h3-4,8-9,13-15,19H,5-7,10-12H2,1-2H3. The predicted octanol–water partition coefficient (Wildman–Crippen LogP) is 3.44. The van der Waals surface area contributed by atoms with Crippen LogP contribution in [-0.4, -0.2) is 30.9 Å². The van der Waals surface area contributed by atoms with Gasteiger partial charge >= 0.3 is 0 Å². The predicted molar refractivity (Wildman–Crippen MR) is 87.8 cm³/mol. The Balaban J connectivity index is 1.76. The SMILES string of the molecule is COCCNC1CCCC(c2cn(C)c3ccccc23)C1. The average molecular weight is 286 g/mol. The van der Waals surface area contributed by atoms with Crippen LogP contribution in [0.1, 0.15) is 37.2 Å². The second-order valence-corrected chi connectivity index (χ2v) is 6.22. The maximum absolute atomic E-state index is 5.14. The Kier molecular flexibility index (Phi) is 4.61. The van der Waals surface area contributed by atoms with Crippen molar-refractivity contribution in [3.8, 4) is 0 Å². The summed E-state index contributed by atoms with van der Waals surface area (Å²) in [6.45, 7) is 1.76. The normalized spacial score (nSPS) is 22.8. The van der Waals surface area contributed by atoms with E-state index >= 15 is 0 Å². The van der Waals surface area contributed by atoms with E-state index in [0.717, 1.165) is 13.2 Å². The Hall–Kier alpha value is -1.32. The van der Waals surface area contributed by atoms with E-state index in [0.29, 0.717) is 12.0 Å². The molecule has 0 aliphatic heterocycles. The fourth-order valence-electron chi connectivity index (χ4n) is 3.72. The molecule has 0 spiro atoms. The molecule has 1 aliphatic rings. The van der Waals surface area contributed by atoms with Crippen molar-refractivity contribution in [3.05, 3.63) is 36.0 Å². The maximum Gasteiger partial charge on any atom is 0.0587 e. The lowest BCUT2D eigenvalue weighted by Gasteiger charge is -2.30. The first kappa shape index (κ1) is 14.6. The Bertz CT molecular complexity index is 590. The molecular weight excluding hydrogens is 260 g/mol. The highest BCUT2D eigenvalue weighted by atomic mass is 16.5. The summed E-state index contributed by atoms with van der Waals surface area (Å²) in [6, 6.07) is 9.41. The number of aromatic nitrogens is 1. The van der Waals surface area contributed by atoms with E-state index in [4.69, 9.17) is 4.74 Å². The summed E-state index contributed by atoms with van der Waals surface area (Å²) in [5, 5.41) is 5.08. The zero-order valence-corrected chi connectivity index (χ0v) is 13.1. The molecule has 1 saturated carbocycles. The van der Waals surface area contributed by atoms with Crippen molar-refractivity contribution in [3.63, 3.8) is 0 Å². The Morgan fingerprint density at radius 1 is 1.29 bits per heavy atom. The lowest BCUT2D eigenvalue weighted by atomic mass is 9.81. The number of fused-ring (bicyclic) bond motifs is 1. The van der Waals surface area contributed by atoms with Crippen LogP contribution in [0.5, 0.6) is 0 Å². The number of rotatable bonds is 5. The van der Waals surface area contributed by atoms with Gasteiger partial charge in [0, 0.05) is 43.8 Å². The molecule has 2 unspecified atom stereocenters. The van der Waals surface area contributed by atoms with Crippen LogP contribution in [0.3, 0.4) is 0 Å². The number of para-hydroxylation sites is 1. The molecule has 0 saturated heterocycles. The number of nitrogens with zero attached hydrogens (tertiary/aromatic N) is 1. The van der Waals surface area contributed by atoms with Crippen molar-refractivity contribution in [1.82, 2.24) is 9.88 Å². The van der Waals surface area contributed by atoms with E-state index in [-0.39, 0.29) is 0 Å². The van der Waals surface area contributed by atoms with E-state index in [1.165, 1.54) is 42.1 Å². The fraction of sp³-hybridized carbons (Fsp3) is 0.556. The second kappa shape index (κ2) is 6.63. The van der Waals surface area contributed by atoms with Crippen molar-refractivity contribution < 1.29 is 4.74 Å². The van der Waals surface area contributed by atoms with Gasteiger partial charge in [-0.3, -0.25) is 0 Å². The minimum absolute atomic E-state index is 0.637. The molecular formula is C18H26N2O. The first-order valence-electron chi connectivity index (χ1n) is 8.06. The number of ether oxygens (including phenoxy) is 1. The van der Waals surface area contributed by atoms with Gasteiger partial charge in [0.15, 0.2) is 0 Å². The average Bonchev–Trinajstić information content (AvgIpc) is 2.86. The summed E-state index contributed by atoms with van der Waals surface area (Å²) in [5.74, 6) is 0.685. The Labute approximate surface area is 127 Å². The van der Waals surface area contributed by atoms with Crippen molar-refractivity contribution in [2.75, 3.05) is 20.3 Å². The quantitative estimate of drug-likeness (QED) is 0.852. The molecule has 1 aliphatic carbocycles. The van der Waals surface area contributed by atoms with E-state index in [2.05, 4.69) is 47.4 Å². The number of aryl methyl sites for hydroxylation is 1. The Morgan fingerprint density at radius 3 is 3.00 bits per heavy atom. The molecule has 3 rings (SSSR count). The third-order valence-corrected chi connectivity index (χ3v) is 4.78. The lowest BCUT2D eigenvalue weighted by Crippen LogP contribution is -2.35. The van der Waals surface area contributed by atoms with Crippen LogP contribution in [0.25, 0.3) is 10.9 Å². The van der Waals surface area contributed by atoms with E-state index in [1.807, 2.05) is 0 Å². The van der Waals surface area contributed by atoms with Gasteiger partial charge in [-0.2, -0.15) is 0 Å². The van der Waals surface area contributed by atoms with Gasteiger partial charge in [-0.1, -0.05) is 24.6 Å². The molecule has 1 fully saturated rings. The minimum Gasteiger partial charge on any atom is -0.383 e. The molecule has 0 bridgehead atoms. The number of hydrogen-bond acceptors (Lipinski definition) is 2. The van der Waals surface area contributed by atoms with Crippen LogP contribution < -0.4 is 5.32 Å². The van der Waals surface area contributed by atoms with Crippen molar-refractivity contribution in [2.24, 2.45) is 7.05 Å². The van der Waals surface area contributed by atoms with Crippen LogP contribution in [0.15, 0.2) is 30.5 Å². The molecule has 1 aromatic carbocycles. The summed E-state index contributed by atoms with van der Waals surface area (Å²) in [7, 11) is 3.92. The first-order chi connectivity index (χ1) is 10.3. The summed E-state index contributed by atoms with van der Waals surface area (Å²) in [5.41, 5.74) is 2.88. The smallest absolute Gasteiger partial charge is 0.0587 e. The van der Waals surface area contributed by atoms with Crippen LogP contribution in [0.2, 0.25) is 0 Å². The highest BCUT2D eigenvalue weighted by Gasteiger charge is 2.25. The van der Waals surface area contributed by atoms with Gasteiger partial charge in [0.25, 0.3) is 0 Å². The van der Waals surface area contributed by atoms with Gasteiger partial charge in [0.05, 0.1) is 6.61 Å². The molecule has 3 heteroatoms. The van der Waals surface area contributed by atoms with Gasteiger partial charge in [-0.25, -0.2) is 0 Å². The molecule has 0 amide bonds. The van der Waals surface area contributed by atoms with Crippen molar-refractivity contribution in [2.45, 2.75) is 37.6 Å². The van der Waals surface area contributed by atoms with Crippen molar-refractivity contribution in [1.29, 1.82) is 0 Å².